The van der Waals surface area contributed by atoms with Crippen molar-refractivity contribution in [1.82, 2.24) is 5.32 Å². The van der Waals surface area contributed by atoms with E-state index in [0.717, 1.165) is 0 Å². The molecule has 0 bridgehead atoms. The van der Waals surface area contributed by atoms with E-state index in [4.69, 9.17) is 9.47 Å². The summed E-state index contributed by atoms with van der Waals surface area (Å²) in [6, 6.07) is 15.9. The maximum atomic E-state index is 12.4. The van der Waals surface area contributed by atoms with Crippen LogP contribution in [-0.2, 0) is 9.53 Å². The summed E-state index contributed by atoms with van der Waals surface area (Å²) in [5.41, 5.74) is 0.824. The zero-order valence-corrected chi connectivity index (χ0v) is 14.3. The zero-order chi connectivity index (χ0) is 18.1. The van der Waals surface area contributed by atoms with Crippen LogP contribution in [0.3, 0.4) is 0 Å². The molecule has 0 heterocycles. The lowest BCUT2D eigenvalue weighted by Crippen LogP contribution is -2.32. The second-order valence-electron chi connectivity index (χ2n) is 5.36. The first-order valence-corrected chi connectivity index (χ1v) is 8.00. The summed E-state index contributed by atoms with van der Waals surface area (Å²) in [5.74, 6) is 0.00122. The fourth-order valence-electron chi connectivity index (χ4n) is 2.14. The Morgan fingerprint density at radius 2 is 1.72 bits per heavy atom. The van der Waals surface area contributed by atoms with Gasteiger partial charge in [0.05, 0.1) is 17.9 Å². The van der Waals surface area contributed by atoms with Crippen molar-refractivity contribution in [3.8, 4) is 5.75 Å². The van der Waals surface area contributed by atoms with Crippen LogP contribution in [0.1, 0.15) is 17.3 Å². The molecule has 0 aliphatic heterocycles. The van der Waals surface area contributed by atoms with Gasteiger partial charge >= 0.3 is 0 Å². The molecule has 1 atom stereocenters. The van der Waals surface area contributed by atoms with E-state index in [-0.39, 0.29) is 11.8 Å². The SMILES string of the molecule is COCCNC(=O)c1ccccc1NC(=O)C(C)Oc1ccccc1. The smallest absolute Gasteiger partial charge is 0.265 e. The van der Waals surface area contributed by atoms with Crippen molar-refractivity contribution in [2.75, 3.05) is 25.6 Å². The maximum Gasteiger partial charge on any atom is 0.265 e. The van der Waals surface area contributed by atoms with Gasteiger partial charge in [0, 0.05) is 13.7 Å². The molecule has 1 unspecified atom stereocenters. The van der Waals surface area contributed by atoms with Gasteiger partial charge < -0.3 is 20.1 Å². The molecule has 0 radical (unpaired) electrons. The van der Waals surface area contributed by atoms with Gasteiger partial charge in [0.1, 0.15) is 5.75 Å². The lowest BCUT2D eigenvalue weighted by atomic mass is 10.1. The summed E-state index contributed by atoms with van der Waals surface area (Å²) in [7, 11) is 1.56. The van der Waals surface area contributed by atoms with Crippen molar-refractivity contribution < 1.29 is 19.1 Å². The number of carbonyl (C=O) groups is 2. The normalized spacial score (nSPS) is 11.4. The van der Waals surface area contributed by atoms with Gasteiger partial charge in [-0.05, 0) is 31.2 Å². The third kappa shape index (κ3) is 5.61. The van der Waals surface area contributed by atoms with E-state index in [9.17, 15) is 9.59 Å². The monoisotopic (exact) mass is 342 g/mol. The molecule has 0 aliphatic rings. The Labute approximate surface area is 147 Å². The lowest BCUT2D eigenvalue weighted by Gasteiger charge is -2.16. The van der Waals surface area contributed by atoms with Crippen molar-refractivity contribution in [2.45, 2.75) is 13.0 Å². The third-order valence-electron chi connectivity index (χ3n) is 3.45. The Balaban J connectivity index is 2.01. The van der Waals surface area contributed by atoms with Crippen LogP contribution in [-0.4, -0.2) is 38.2 Å². The van der Waals surface area contributed by atoms with E-state index in [0.29, 0.717) is 30.2 Å². The second kappa shape index (κ2) is 9.44. The Hall–Kier alpha value is -2.86. The summed E-state index contributed by atoms with van der Waals surface area (Å²) >= 11 is 0. The number of amides is 2. The lowest BCUT2D eigenvalue weighted by molar-refractivity contribution is -0.122. The first-order chi connectivity index (χ1) is 12.1. The predicted molar refractivity (Wildman–Crippen MR) is 95.8 cm³/mol. The van der Waals surface area contributed by atoms with Crippen LogP contribution in [0, 0.1) is 0 Å². The van der Waals surface area contributed by atoms with Crippen LogP contribution in [0.4, 0.5) is 5.69 Å². The number of anilines is 1. The largest absolute Gasteiger partial charge is 0.481 e. The summed E-state index contributed by atoms with van der Waals surface area (Å²) < 4.78 is 10.5. The van der Waals surface area contributed by atoms with E-state index >= 15 is 0 Å². The van der Waals surface area contributed by atoms with Gasteiger partial charge in [0.25, 0.3) is 11.8 Å². The average Bonchev–Trinajstić information content (AvgIpc) is 2.63. The fourth-order valence-corrected chi connectivity index (χ4v) is 2.14. The zero-order valence-electron chi connectivity index (χ0n) is 14.3. The van der Waals surface area contributed by atoms with Gasteiger partial charge in [-0.25, -0.2) is 0 Å². The van der Waals surface area contributed by atoms with Crippen molar-refractivity contribution in [3.63, 3.8) is 0 Å². The molecule has 0 fully saturated rings. The van der Waals surface area contributed by atoms with Crippen LogP contribution in [0.25, 0.3) is 0 Å². The minimum atomic E-state index is -0.702. The van der Waals surface area contributed by atoms with E-state index in [1.807, 2.05) is 18.2 Å². The molecular weight excluding hydrogens is 320 g/mol. The molecular formula is C19H22N2O4. The quantitative estimate of drug-likeness (QED) is 0.723. The first-order valence-electron chi connectivity index (χ1n) is 8.00. The minimum Gasteiger partial charge on any atom is -0.481 e. The molecule has 2 aromatic rings. The molecule has 0 aliphatic carbocycles. The van der Waals surface area contributed by atoms with E-state index < -0.39 is 6.10 Å². The van der Waals surface area contributed by atoms with Crippen LogP contribution in [0.5, 0.6) is 5.75 Å². The molecule has 0 saturated heterocycles. The van der Waals surface area contributed by atoms with Gasteiger partial charge in [-0.15, -0.1) is 0 Å². The molecule has 0 spiro atoms. The highest BCUT2D eigenvalue weighted by Gasteiger charge is 2.18. The molecule has 2 aromatic carbocycles. The number of ether oxygens (including phenoxy) is 2. The summed E-state index contributed by atoms with van der Waals surface area (Å²) in [6.45, 7) is 2.47. The highest BCUT2D eigenvalue weighted by atomic mass is 16.5. The number of para-hydroxylation sites is 2. The van der Waals surface area contributed by atoms with Gasteiger partial charge in [-0.1, -0.05) is 30.3 Å². The molecule has 2 N–H and O–H groups in total. The number of nitrogens with one attached hydrogen (secondary N) is 2. The Morgan fingerprint density at radius 3 is 2.44 bits per heavy atom. The molecule has 25 heavy (non-hydrogen) atoms. The molecule has 2 amide bonds. The molecule has 0 aromatic heterocycles. The Bertz CT molecular complexity index is 704. The van der Waals surface area contributed by atoms with Gasteiger partial charge in [-0.2, -0.15) is 0 Å². The van der Waals surface area contributed by atoms with Crippen LogP contribution >= 0.6 is 0 Å². The molecule has 132 valence electrons. The van der Waals surface area contributed by atoms with Gasteiger partial charge in [-0.3, -0.25) is 9.59 Å². The fraction of sp³-hybridized carbons (Fsp3) is 0.263. The van der Waals surface area contributed by atoms with E-state index in [1.165, 1.54) is 0 Å². The van der Waals surface area contributed by atoms with Gasteiger partial charge in [0.15, 0.2) is 6.10 Å². The summed E-state index contributed by atoms with van der Waals surface area (Å²) in [4.78, 5) is 24.6. The van der Waals surface area contributed by atoms with Crippen molar-refractivity contribution >= 4 is 17.5 Å². The van der Waals surface area contributed by atoms with Crippen LogP contribution in [0.2, 0.25) is 0 Å². The number of carbonyl (C=O) groups excluding carboxylic acids is 2. The Kier molecular flexibility index (Phi) is 6.98. The highest BCUT2D eigenvalue weighted by molar-refractivity contribution is 6.04. The topological polar surface area (TPSA) is 76.7 Å². The van der Waals surface area contributed by atoms with Crippen molar-refractivity contribution in [1.29, 1.82) is 0 Å². The number of rotatable bonds is 8. The number of hydrogen-bond acceptors (Lipinski definition) is 4. The van der Waals surface area contributed by atoms with Crippen molar-refractivity contribution in [2.24, 2.45) is 0 Å². The second-order valence-corrected chi connectivity index (χ2v) is 5.36. The number of benzene rings is 2. The van der Waals surface area contributed by atoms with Crippen molar-refractivity contribution in [3.05, 3.63) is 60.2 Å². The molecule has 6 nitrogen and oxygen atoms in total. The van der Waals surface area contributed by atoms with Crippen LogP contribution in [0.15, 0.2) is 54.6 Å². The standard InChI is InChI=1S/C19H22N2O4/c1-14(25-15-8-4-3-5-9-15)18(22)21-17-11-7-6-10-16(17)19(23)20-12-13-24-2/h3-11,14H,12-13H2,1-2H3,(H,20,23)(H,21,22). The minimum absolute atomic E-state index is 0.274. The summed E-state index contributed by atoms with van der Waals surface area (Å²) in [6.07, 6.45) is -0.702. The molecule has 6 heteroatoms. The Morgan fingerprint density at radius 1 is 1.04 bits per heavy atom. The average molecular weight is 342 g/mol. The number of hydrogen-bond donors (Lipinski definition) is 2. The third-order valence-corrected chi connectivity index (χ3v) is 3.45. The summed E-state index contributed by atoms with van der Waals surface area (Å²) in [5, 5.41) is 5.48. The van der Waals surface area contributed by atoms with E-state index in [2.05, 4.69) is 10.6 Å². The van der Waals surface area contributed by atoms with E-state index in [1.54, 1.807) is 50.4 Å². The molecule has 2 rings (SSSR count). The first kappa shape index (κ1) is 18.5. The van der Waals surface area contributed by atoms with Gasteiger partial charge in [0.2, 0.25) is 0 Å². The number of methoxy groups -OCH3 is 1. The van der Waals surface area contributed by atoms with Crippen LogP contribution < -0.4 is 15.4 Å². The molecule has 0 saturated carbocycles. The predicted octanol–water partition coefficient (Wildman–Crippen LogP) is 2.47. The maximum absolute atomic E-state index is 12.4. The highest BCUT2D eigenvalue weighted by Crippen LogP contribution is 2.17.